The molecular formula is C24H32ClN3O3S. The lowest BCUT2D eigenvalue weighted by molar-refractivity contribution is -0.119. The lowest BCUT2D eigenvalue weighted by Gasteiger charge is -2.26. The van der Waals surface area contributed by atoms with Gasteiger partial charge in [0.15, 0.2) is 0 Å². The third-order valence-corrected chi connectivity index (χ3v) is 7.98. The van der Waals surface area contributed by atoms with Crippen LogP contribution in [0.3, 0.4) is 0 Å². The van der Waals surface area contributed by atoms with E-state index in [0.29, 0.717) is 22.8 Å². The van der Waals surface area contributed by atoms with Gasteiger partial charge >= 0.3 is 0 Å². The summed E-state index contributed by atoms with van der Waals surface area (Å²) in [7, 11) is -3.93. The fourth-order valence-electron chi connectivity index (χ4n) is 3.96. The molecule has 0 radical (unpaired) electrons. The van der Waals surface area contributed by atoms with E-state index in [9.17, 15) is 13.2 Å². The molecule has 1 saturated heterocycles. The molecule has 3 rings (SSSR count). The molecule has 0 unspecified atom stereocenters. The average Bonchev–Trinajstić information content (AvgIpc) is 3.07. The molecule has 1 aliphatic rings. The molecule has 6 nitrogen and oxygen atoms in total. The lowest BCUT2D eigenvalue weighted by atomic mass is 10.2. The number of benzene rings is 2. The van der Waals surface area contributed by atoms with Crippen molar-refractivity contribution in [3.63, 3.8) is 0 Å². The zero-order valence-electron chi connectivity index (χ0n) is 18.6. The summed E-state index contributed by atoms with van der Waals surface area (Å²) in [6.45, 7) is 5.14. The maximum absolute atomic E-state index is 13.4. The third kappa shape index (κ3) is 6.47. The number of hydrogen-bond donors (Lipinski definition) is 1. The number of halogens is 1. The van der Waals surface area contributed by atoms with E-state index < -0.39 is 10.0 Å². The van der Waals surface area contributed by atoms with Gasteiger partial charge in [0.25, 0.3) is 10.0 Å². The van der Waals surface area contributed by atoms with Gasteiger partial charge in [0.05, 0.1) is 10.6 Å². The lowest BCUT2D eigenvalue weighted by Crippen LogP contribution is -2.42. The minimum absolute atomic E-state index is 0.133. The summed E-state index contributed by atoms with van der Waals surface area (Å²) in [5.41, 5.74) is 1.02. The molecule has 2 aromatic carbocycles. The van der Waals surface area contributed by atoms with Gasteiger partial charge in [0.2, 0.25) is 5.91 Å². The number of sulfonamides is 1. The van der Waals surface area contributed by atoms with Gasteiger partial charge in [-0.3, -0.25) is 9.10 Å². The molecule has 1 aliphatic heterocycles. The highest BCUT2D eigenvalue weighted by atomic mass is 35.5. The van der Waals surface area contributed by atoms with Crippen LogP contribution in [0.2, 0.25) is 5.02 Å². The summed E-state index contributed by atoms with van der Waals surface area (Å²) < 4.78 is 27.9. The molecule has 0 aliphatic carbocycles. The summed E-state index contributed by atoms with van der Waals surface area (Å²) in [4.78, 5) is 15.3. The number of amides is 1. The fourth-order valence-corrected chi connectivity index (χ4v) is 5.63. The van der Waals surface area contributed by atoms with Crippen LogP contribution in [-0.4, -0.2) is 51.9 Å². The van der Waals surface area contributed by atoms with Gasteiger partial charge in [-0.25, -0.2) is 8.42 Å². The number of likely N-dealkylation sites (tertiary alicyclic amines) is 1. The summed E-state index contributed by atoms with van der Waals surface area (Å²) >= 11 is 6.25. The Balaban J connectivity index is 1.69. The number of hydrogen-bond acceptors (Lipinski definition) is 4. The van der Waals surface area contributed by atoms with Gasteiger partial charge < -0.3 is 10.2 Å². The van der Waals surface area contributed by atoms with Gasteiger partial charge in [-0.1, -0.05) is 48.7 Å². The molecule has 174 valence electrons. The fraction of sp³-hybridized carbons (Fsp3) is 0.458. The maximum Gasteiger partial charge on any atom is 0.264 e. The van der Waals surface area contributed by atoms with Crippen LogP contribution in [-0.2, 0) is 14.8 Å². The number of rotatable bonds is 9. The standard InChI is InChI=1S/C24H32ClN3O3S/c1-20-22(25)13-9-14-23(20)28(32(30,31)21-11-5-4-6-12-21)19-24(29)26-15-10-18-27-16-7-2-3-8-17-27/h4-6,9,11-14H,2-3,7-8,10,15-19H2,1H3,(H,26,29). The minimum Gasteiger partial charge on any atom is -0.354 e. The molecule has 0 saturated carbocycles. The molecular weight excluding hydrogens is 446 g/mol. The molecule has 0 atom stereocenters. The van der Waals surface area contributed by atoms with E-state index in [0.717, 1.165) is 30.4 Å². The molecule has 1 heterocycles. The molecule has 1 fully saturated rings. The Hall–Kier alpha value is -2.09. The summed E-state index contributed by atoms with van der Waals surface area (Å²) in [6.07, 6.45) is 5.90. The molecule has 8 heteroatoms. The van der Waals surface area contributed by atoms with Gasteiger partial charge in [-0.05, 0) is 75.6 Å². The Bertz CT molecular complexity index is 991. The highest BCUT2D eigenvalue weighted by Crippen LogP contribution is 2.30. The first kappa shape index (κ1) is 24.6. The second-order valence-electron chi connectivity index (χ2n) is 8.17. The summed E-state index contributed by atoms with van der Waals surface area (Å²) in [6, 6.07) is 13.2. The third-order valence-electron chi connectivity index (χ3n) is 5.80. The summed E-state index contributed by atoms with van der Waals surface area (Å²) in [5, 5.41) is 3.34. The highest BCUT2D eigenvalue weighted by Gasteiger charge is 2.28. The van der Waals surface area contributed by atoms with E-state index in [1.807, 2.05) is 0 Å². The molecule has 32 heavy (non-hydrogen) atoms. The van der Waals surface area contributed by atoms with Crippen LogP contribution in [0.4, 0.5) is 5.69 Å². The van der Waals surface area contributed by atoms with Crippen LogP contribution in [0.25, 0.3) is 0 Å². The van der Waals surface area contributed by atoms with Gasteiger partial charge in [-0.15, -0.1) is 0 Å². The number of carbonyl (C=O) groups is 1. The van der Waals surface area contributed by atoms with Crippen molar-refractivity contribution < 1.29 is 13.2 Å². The van der Waals surface area contributed by atoms with E-state index >= 15 is 0 Å². The van der Waals surface area contributed by atoms with Crippen LogP contribution in [0.5, 0.6) is 0 Å². The quantitative estimate of drug-likeness (QED) is 0.549. The van der Waals surface area contributed by atoms with Gasteiger partial charge in [0.1, 0.15) is 6.54 Å². The van der Waals surface area contributed by atoms with Crippen molar-refractivity contribution in [2.75, 3.05) is 37.0 Å². The van der Waals surface area contributed by atoms with Crippen LogP contribution in [0, 0.1) is 6.92 Å². The first-order valence-corrected chi connectivity index (χ1v) is 13.0. The zero-order chi connectivity index (χ0) is 23.0. The largest absolute Gasteiger partial charge is 0.354 e. The van der Waals surface area contributed by atoms with Crippen molar-refractivity contribution >= 4 is 33.2 Å². The normalized spacial score (nSPS) is 15.2. The van der Waals surface area contributed by atoms with Crippen molar-refractivity contribution in [2.45, 2.75) is 43.9 Å². The SMILES string of the molecule is Cc1c(Cl)cccc1N(CC(=O)NCCCN1CCCCCC1)S(=O)(=O)c1ccccc1. The van der Waals surface area contributed by atoms with E-state index in [2.05, 4.69) is 10.2 Å². The first-order chi connectivity index (χ1) is 15.4. The number of carbonyl (C=O) groups excluding carboxylic acids is 1. The predicted molar refractivity (Wildman–Crippen MR) is 130 cm³/mol. The van der Waals surface area contributed by atoms with Gasteiger partial charge in [-0.2, -0.15) is 0 Å². The molecule has 0 bridgehead atoms. The van der Waals surface area contributed by atoms with Gasteiger partial charge in [0, 0.05) is 11.6 Å². The van der Waals surface area contributed by atoms with Crippen LogP contribution in [0.1, 0.15) is 37.7 Å². The Labute approximate surface area is 196 Å². The van der Waals surface area contributed by atoms with E-state index in [1.165, 1.54) is 37.8 Å². The highest BCUT2D eigenvalue weighted by molar-refractivity contribution is 7.92. The van der Waals surface area contributed by atoms with Crippen molar-refractivity contribution in [3.05, 3.63) is 59.1 Å². The van der Waals surface area contributed by atoms with E-state index in [1.54, 1.807) is 43.3 Å². The van der Waals surface area contributed by atoms with Crippen LogP contribution >= 0.6 is 11.6 Å². The topological polar surface area (TPSA) is 69.7 Å². The summed E-state index contributed by atoms with van der Waals surface area (Å²) in [5.74, 6) is -0.334. The Morgan fingerprint density at radius 1 is 1.03 bits per heavy atom. The molecule has 0 spiro atoms. The Kier molecular flexibility index (Phi) is 8.96. The minimum atomic E-state index is -3.93. The smallest absolute Gasteiger partial charge is 0.264 e. The van der Waals surface area contributed by atoms with Crippen molar-refractivity contribution in [1.82, 2.24) is 10.2 Å². The monoisotopic (exact) mass is 477 g/mol. The molecule has 1 N–H and O–H groups in total. The second kappa shape index (κ2) is 11.7. The van der Waals surface area contributed by atoms with Crippen molar-refractivity contribution in [2.24, 2.45) is 0 Å². The number of nitrogens with one attached hydrogen (secondary N) is 1. The Morgan fingerprint density at radius 3 is 2.41 bits per heavy atom. The van der Waals surface area contributed by atoms with Crippen LogP contribution in [0.15, 0.2) is 53.4 Å². The molecule has 0 aromatic heterocycles. The number of nitrogens with zero attached hydrogens (tertiary/aromatic N) is 2. The number of anilines is 1. The zero-order valence-corrected chi connectivity index (χ0v) is 20.2. The Morgan fingerprint density at radius 2 is 1.72 bits per heavy atom. The maximum atomic E-state index is 13.4. The van der Waals surface area contributed by atoms with Crippen LogP contribution < -0.4 is 9.62 Å². The molecule has 1 amide bonds. The first-order valence-electron chi connectivity index (χ1n) is 11.2. The van der Waals surface area contributed by atoms with Crippen molar-refractivity contribution in [1.29, 1.82) is 0 Å². The van der Waals surface area contributed by atoms with E-state index in [-0.39, 0.29) is 17.3 Å². The van der Waals surface area contributed by atoms with E-state index in [4.69, 9.17) is 11.6 Å². The van der Waals surface area contributed by atoms with Crippen molar-refractivity contribution in [3.8, 4) is 0 Å². The second-order valence-corrected chi connectivity index (χ2v) is 10.4. The molecule has 2 aromatic rings. The predicted octanol–water partition coefficient (Wildman–Crippen LogP) is 4.23. The average molecular weight is 478 g/mol.